The Balaban J connectivity index is -0.000000389. The summed E-state index contributed by atoms with van der Waals surface area (Å²) in [4.78, 5) is 0. The van der Waals surface area contributed by atoms with Crippen LogP contribution in [-0.2, 0) is 0 Å². The summed E-state index contributed by atoms with van der Waals surface area (Å²) >= 11 is 12.1. The first kappa shape index (κ1) is 55.8. The topological polar surface area (TPSA) is 64.5 Å². The van der Waals surface area contributed by atoms with Gasteiger partial charge in [0, 0.05) is 35.4 Å². The number of hydrogen-bond acceptors (Lipinski definition) is 4. The molecule has 4 N–H and O–H groups in total. The summed E-state index contributed by atoms with van der Waals surface area (Å²) in [6.45, 7) is 16.4. The van der Waals surface area contributed by atoms with Gasteiger partial charge in [0.2, 0.25) is 0 Å². The molecule has 0 amide bonds. The van der Waals surface area contributed by atoms with Crippen LogP contribution in [-0.4, -0.2) is 57.8 Å². The second-order valence-corrected chi connectivity index (χ2v) is 16.5. The molecule has 3 atom stereocenters. The first-order valence-corrected chi connectivity index (χ1v) is 20.9. The van der Waals surface area contributed by atoms with E-state index in [0.29, 0.717) is 19.0 Å². The number of aliphatic hydroxyl groups excluding tert-OH is 2. The van der Waals surface area contributed by atoms with E-state index in [-0.39, 0.29) is 47.4 Å². The molecule has 296 valence electrons. The molecular formula is C40H86Cl4N2O2. The third kappa shape index (κ3) is 45.0. The summed E-state index contributed by atoms with van der Waals surface area (Å²) < 4.78 is 0. The fraction of sp³-hybridized carbons (Fsp3) is 1.00. The van der Waals surface area contributed by atoms with Crippen LogP contribution in [0.15, 0.2) is 0 Å². The van der Waals surface area contributed by atoms with Gasteiger partial charge >= 0.3 is 0 Å². The summed E-state index contributed by atoms with van der Waals surface area (Å²) in [5.41, 5.74) is 0.105. The van der Waals surface area contributed by atoms with Gasteiger partial charge in [0.1, 0.15) is 0 Å². The first-order valence-electron chi connectivity index (χ1n) is 19.9. The molecule has 0 aliphatic carbocycles. The summed E-state index contributed by atoms with van der Waals surface area (Å²) in [6, 6.07) is 0. The molecule has 3 unspecified atom stereocenters. The SMILES string of the molecule is CCCCCCCCCCCCCC(C)(C)NCC(O)CCl.CCCCCCCCCCCCCC(Cl)CC(C)(C)NCC(C)O.Cl.Cl. The van der Waals surface area contributed by atoms with Gasteiger partial charge in [-0.05, 0) is 53.9 Å². The van der Waals surface area contributed by atoms with Gasteiger partial charge in [0.15, 0.2) is 0 Å². The minimum absolute atomic E-state index is 0. The van der Waals surface area contributed by atoms with Crippen LogP contribution in [0.1, 0.15) is 209 Å². The zero-order valence-corrected chi connectivity index (χ0v) is 36.1. The van der Waals surface area contributed by atoms with Gasteiger partial charge in [-0.15, -0.1) is 48.0 Å². The number of alkyl halides is 2. The second-order valence-electron chi connectivity index (χ2n) is 15.6. The molecule has 0 saturated carbocycles. The van der Waals surface area contributed by atoms with Gasteiger partial charge in [0.05, 0.1) is 12.2 Å². The fourth-order valence-electron chi connectivity index (χ4n) is 5.95. The van der Waals surface area contributed by atoms with E-state index in [1.165, 1.54) is 148 Å². The van der Waals surface area contributed by atoms with Gasteiger partial charge in [-0.25, -0.2) is 0 Å². The quantitative estimate of drug-likeness (QED) is 0.0397. The maximum absolute atomic E-state index is 9.49. The third-order valence-corrected chi connectivity index (χ3v) is 9.86. The van der Waals surface area contributed by atoms with Crippen molar-refractivity contribution in [3.05, 3.63) is 0 Å². The molecule has 0 heterocycles. The molecule has 4 nitrogen and oxygen atoms in total. The Hall–Kier alpha value is 1.00. The number of unbranched alkanes of at least 4 members (excludes halogenated alkanes) is 20. The van der Waals surface area contributed by atoms with Crippen molar-refractivity contribution in [3.8, 4) is 0 Å². The normalized spacial score (nSPS) is 13.6. The summed E-state index contributed by atoms with van der Waals surface area (Å²) in [7, 11) is 0. The van der Waals surface area contributed by atoms with Crippen LogP contribution in [0.2, 0.25) is 0 Å². The standard InChI is InChI=1S/C21H44ClNO.C19H40ClNO.2ClH/c1-5-6-7-8-9-10-11-12-13-14-15-16-20(22)17-21(3,4)23-18-19(2)24;1-4-5-6-7-8-9-10-11-12-13-14-15-19(2,3)21-17-18(22)16-20;;/h19-20,23-24H,5-18H2,1-4H3;18,21-22H,4-17H2,1-3H3;2*1H. The lowest BCUT2D eigenvalue weighted by molar-refractivity contribution is 0.174. The van der Waals surface area contributed by atoms with E-state index in [1.807, 2.05) is 6.92 Å². The molecular weight excluding hydrogens is 682 g/mol. The van der Waals surface area contributed by atoms with Crippen LogP contribution in [0.3, 0.4) is 0 Å². The number of hydrogen-bond donors (Lipinski definition) is 4. The Morgan fingerprint density at radius 1 is 0.542 bits per heavy atom. The average molecular weight is 769 g/mol. The van der Waals surface area contributed by atoms with Crippen molar-refractivity contribution in [2.45, 2.75) is 238 Å². The fourth-order valence-corrected chi connectivity index (χ4v) is 6.60. The molecule has 0 bridgehead atoms. The van der Waals surface area contributed by atoms with Gasteiger partial charge in [-0.3, -0.25) is 0 Å². The molecule has 0 aromatic carbocycles. The van der Waals surface area contributed by atoms with Crippen molar-refractivity contribution in [2.75, 3.05) is 19.0 Å². The minimum atomic E-state index is -0.432. The molecule has 0 fully saturated rings. The number of rotatable bonds is 33. The van der Waals surface area contributed by atoms with E-state index >= 15 is 0 Å². The molecule has 0 aromatic rings. The predicted octanol–water partition coefficient (Wildman–Crippen LogP) is 12.9. The first-order chi connectivity index (χ1) is 21.9. The molecule has 0 radical (unpaired) electrons. The molecule has 0 aliphatic heterocycles. The average Bonchev–Trinajstić information content (AvgIpc) is 3.00. The van der Waals surface area contributed by atoms with E-state index in [2.05, 4.69) is 52.2 Å². The summed E-state index contributed by atoms with van der Waals surface area (Å²) in [6.07, 6.45) is 32.9. The largest absolute Gasteiger partial charge is 0.392 e. The van der Waals surface area contributed by atoms with Crippen LogP contribution in [0.4, 0.5) is 0 Å². The van der Waals surface area contributed by atoms with E-state index < -0.39 is 6.10 Å². The molecule has 48 heavy (non-hydrogen) atoms. The maximum atomic E-state index is 9.49. The molecule has 0 saturated heterocycles. The third-order valence-electron chi connectivity index (χ3n) is 9.13. The smallest absolute Gasteiger partial charge is 0.0799 e. The van der Waals surface area contributed by atoms with E-state index in [9.17, 15) is 10.2 Å². The Labute approximate surface area is 324 Å². The summed E-state index contributed by atoms with van der Waals surface area (Å²) in [5, 5.41) is 25.9. The Morgan fingerprint density at radius 3 is 1.27 bits per heavy atom. The lowest BCUT2D eigenvalue weighted by atomic mass is 9.95. The van der Waals surface area contributed by atoms with Crippen molar-refractivity contribution in [2.24, 2.45) is 0 Å². The highest BCUT2D eigenvalue weighted by Crippen LogP contribution is 2.21. The molecule has 0 aromatic heterocycles. The van der Waals surface area contributed by atoms with Crippen molar-refractivity contribution in [3.63, 3.8) is 0 Å². The highest BCUT2D eigenvalue weighted by molar-refractivity contribution is 6.20. The van der Waals surface area contributed by atoms with Gasteiger partial charge in [0.25, 0.3) is 0 Å². The van der Waals surface area contributed by atoms with Crippen molar-refractivity contribution in [1.82, 2.24) is 10.6 Å². The van der Waals surface area contributed by atoms with Gasteiger partial charge < -0.3 is 20.8 Å². The van der Waals surface area contributed by atoms with E-state index in [0.717, 1.165) is 12.8 Å². The van der Waals surface area contributed by atoms with E-state index in [1.54, 1.807) is 0 Å². The van der Waals surface area contributed by atoms with Crippen molar-refractivity contribution < 1.29 is 10.2 Å². The highest BCUT2D eigenvalue weighted by Gasteiger charge is 2.22. The second kappa shape index (κ2) is 39.2. The summed E-state index contributed by atoms with van der Waals surface area (Å²) in [5.74, 6) is 0.307. The maximum Gasteiger partial charge on any atom is 0.0799 e. The van der Waals surface area contributed by atoms with E-state index in [4.69, 9.17) is 23.2 Å². The van der Waals surface area contributed by atoms with Crippen LogP contribution >= 0.6 is 48.0 Å². The predicted molar refractivity (Wildman–Crippen MR) is 223 cm³/mol. The van der Waals surface area contributed by atoms with Crippen LogP contribution in [0, 0.1) is 0 Å². The van der Waals surface area contributed by atoms with Gasteiger partial charge in [-0.2, -0.15) is 0 Å². The Morgan fingerprint density at radius 2 is 0.896 bits per heavy atom. The Kier molecular flexibility index (Phi) is 45.5. The number of β-amino-alcohol motifs (C(OH)–C–C–N with tert-alkyl or cyclic N) is 2. The molecule has 0 aliphatic rings. The Bertz CT molecular complexity index is 612. The molecule has 0 rings (SSSR count). The minimum Gasteiger partial charge on any atom is -0.392 e. The number of halogens is 4. The zero-order chi connectivity index (χ0) is 34.9. The van der Waals surface area contributed by atoms with Crippen LogP contribution < -0.4 is 10.6 Å². The van der Waals surface area contributed by atoms with Crippen LogP contribution in [0.25, 0.3) is 0 Å². The number of nitrogens with one attached hydrogen (secondary N) is 2. The van der Waals surface area contributed by atoms with Crippen molar-refractivity contribution in [1.29, 1.82) is 0 Å². The highest BCUT2D eigenvalue weighted by atomic mass is 35.5. The lowest BCUT2D eigenvalue weighted by Crippen LogP contribution is -2.44. The lowest BCUT2D eigenvalue weighted by Gasteiger charge is -2.29. The molecule has 0 spiro atoms. The van der Waals surface area contributed by atoms with Crippen LogP contribution in [0.5, 0.6) is 0 Å². The zero-order valence-electron chi connectivity index (χ0n) is 33.0. The van der Waals surface area contributed by atoms with Crippen molar-refractivity contribution >= 4 is 48.0 Å². The number of aliphatic hydroxyl groups is 2. The van der Waals surface area contributed by atoms with Gasteiger partial charge in [-0.1, -0.05) is 155 Å². The monoisotopic (exact) mass is 767 g/mol. The molecule has 8 heteroatoms.